The summed E-state index contributed by atoms with van der Waals surface area (Å²) in [6, 6.07) is 8.25. The average molecular weight is 270 g/mol. The summed E-state index contributed by atoms with van der Waals surface area (Å²) in [7, 11) is 0. The van der Waals surface area contributed by atoms with Crippen molar-refractivity contribution in [2.45, 2.75) is 26.9 Å². The van der Waals surface area contributed by atoms with E-state index >= 15 is 0 Å². The predicted molar refractivity (Wildman–Crippen MR) is 82.4 cm³/mol. The van der Waals surface area contributed by atoms with Crippen LogP contribution in [0.5, 0.6) is 0 Å². The number of aromatic nitrogens is 2. The third-order valence-corrected chi connectivity index (χ3v) is 3.19. The van der Waals surface area contributed by atoms with Crippen molar-refractivity contribution in [1.82, 2.24) is 14.9 Å². The molecular formula is C16H22N4. The highest BCUT2D eigenvalue weighted by atomic mass is 15.1. The van der Waals surface area contributed by atoms with Gasteiger partial charge in [-0.15, -0.1) is 0 Å². The second-order valence-electron chi connectivity index (χ2n) is 4.72. The van der Waals surface area contributed by atoms with Gasteiger partial charge < -0.3 is 5.32 Å². The molecule has 0 radical (unpaired) electrons. The SMILES string of the molecule is CCNc1ccnc(CN(CC)Cc2ccncc2)c1. The molecular weight excluding hydrogens is 248 g/mol. The second kappa shape index (κ2) is 7.60. The Labute approximate surface area is 120 Å². The van der Waals surface area contributed by atoms with Gasteiger partial charge in [-0.1, -0.05) is 6.92 Å². The van der Waals surface area contributed by atoms with E-state index < -0.39 is 0 Å². The Morgan fingerprint density at radius 2 is 1.85 bits per heavy atom. The minimum Gasteiger partial charge on any atom is -0.385 e. The summed E-state index contributed by atoms with van der Waals surface area (Å²) >= 11 is 0. The molecule has 2 rings (SSSR count). The van der Waals surface area contributed by atoms with E-state index in [2.05, 4.69) is 52.2 Å². The fourth-order valence-corrected chi connectivity index (χ4v) is 2.13. The quantitative estimate of drug-likeness (QED) is 0.840. The average Bonchev–Trinajstić information content (AvgIpc) is 2.48. The van der Waals surface area contributed by atoms with Gasteiger partial charge in [-0.3, -0.25) is 14.9 Å². The van der Waals surface area contributed by atoms with Gasteiger partial charge in [0, 0.05) is 43.9 Å². The van der Waals surface area contributed by atoms with E-state index in [-0.39, 0.29) is 0 Å². The zero-order chi connectivity index (χ0) is 14.2. The lowest BCUT2D eigenvalue weighted by molar-refractivity contribution is 0.268. The first-order valence-corrected chi connectivity index (χ1v) is 7.12. The zero-order valence-electron chi connectivity index (χ0n) is 12.2. The number of hydrogen-bond donors (Lipinski definition) is 1. The molecule has 0 fully saturated rings. The molecule has 0 aliphatic carbocycles. The van der Waals surface area contributed by atoms with E-state index in [1.807, 2.05) is 24.7 Å². The molecule has 0 amide bonds. The molecule has 0 saturated heterocycles. The fourth-order valence-electron chi connectivity index (χ4n) is 2.13. The van der Waals surface area contributed by atoms with Crippen molar-refractivity contribution in [2.24, 2.45) is 0 Å². The molecule has 2 aromatic rings. The summed E-state index contributed by atoms with van der Waals surface area (Å²) < 4.78 is 0. The number of nitrogens with zero attached hydrogens (tertiary/aromatic N) is 3. The lowest BCUT2D eigenvalue weighted by atomic mass is 10.2. The molecule has 20 heavy (non-hydrogen) atoms. The van der Waals surface area contributed by atoms with Crippen LogP contribution in [0.1, 0.15) is 25.1 Å². The van der Waals surface area contributed by atoms with E-state index in [0.29, 0.717) is 0 Å². The summed E-state index contributed by atoms with van der Waals surface area (Å²) in [5.74, 6) is 0. The van der Waals surface area contributed by atoms with E-state index in [0.717, 1.165) is 37.6 Å². The molecule has 0 aliphatic rings. The van der Waals surface area contributed by atoms with Crippen LogP contribution in [0.3, 0.4) is 0 Å². The van der Waals surface area contributed by atoms with Crippen LogP contribution in [-0.2, 0) is 13.1 Å². The first-order chi connectivity index (χ1) is 9.81. The molecule has 0 spiro atoms. The number of pyridine rings is 2. The first kappa shape index (κ1) is 14.5. The maximum Gasteiger partial charge on any atom is 0.0564 e. The van der Waals surface area contributed by atoms with Gasteiger partial charge in [0.1, 0.15) is 0 Å². The fraction of sp³-hybridized carbons (Fsp3) is 0.375. The lowest BCUT2D eigenvalue weighted by Gasteiger charge is -2.20. The van der Waals surface area contributed by atoms with E-state index in [1.54, 1.807) is 0 Å². The van der Waals surface area contributed by atoms with Gasteiger partial charge >= 0.3 is 0 Å². The van der Waals surface area contributed by atoms with Gasteiger partial charge in [0.05, 0.1) is 5.69 Å². The number of rotatable bonds is 7. The van der Waals surface area contributed by atoms with Crippen molar-refractivity contribution < 1.29 is 0 Å². The highest BCUT2D eigenvalue weighted by Crippen LogP contribution is 2.11. The van der Waals surface area contributed by atoms with Gasteiger partial charge in [-0.05, 0) is 43.3 Å². The molecule has 2 aromatic heterocycles. The summed E-state index contributed by atoms with van der Waals surface area (Å²) in [5, 5.41) is 3.32. The van der Waals surface area contributed by atoms with Crippen molar-refractivity contribution in [3.05, 3.63) is 54.1 Å². The Morgan fingerprint density at radius 3 is 2.55 bits per heavy atom. The minimum absolute atomic E-state index is 0.859. The van der Waals surface area contributed by atoms with E-state index in [1.165, 1.54) is 5.56 Å². The van der Waals surface area contributed by atoms with Gasteiger partial charge in [0.15, 0.2) is 0 Å². The summed E-state index contributed by atoms with van der Waals surface area (Å²) in [4.78, 5) is 10.9. The van der Waals surface area contributed by atoms with Crippen LogP contribution in [0, 0.1) is 0 Å². The van der Waals surface area contributed by atoms with Crippen molar-refractivity contribution in [1.29, 1.82) is 0 Å². The maximum atomic E-state index is 4.46. The Kier molecular flexibility index (Phi) is 5.50. The monoisotopic (exact) mass is 270 g/mol. The van der Waals surface area contributed by atoms with Crippen LogP contribution in [0.15, 0.2) is 42.9 Å². The molecule has 1 N–H and O–H groups in total. The topological polar surface area (TPSA) is 41.1 Å². The number of nitrogens with one attached hydrogen (secondary N) is 1. The number of anilines is 1. The van der Waals surface area contributed by atoms with Crippen LogP contribution >= 0.6 is 0 Å². The van der Waals surface area contributed by atoms with Crippen LogP contribution in [0.25, 0.3) is 0 Å². The summed E-state index contributed by atoms with van der Waals surface area (Å²) in [6.45, 7) is 7.98. The third-order valence-electron chi connectivity index (χ3n) is 3.19. The molecule has 4 heteroatoms. The molecule has 0 unspecified atom stereocenters. The van der Waals surface area contributed by atoms with Crippen molar-refractivity contribution >= 4 is 5.69 Å². The summed E-state index contributed by atoms with van der Waals surface area (Å²) in [5.41, 5.74) is 3.52. The summed E-state index contributed by atoms with van der Waals surface area (Å²) in [6.07, 6.45) is 5.55. The van der Waals surface area contributed by atoms with Crippen LogP contribution in [0.4, 0.5) is 5.69 Å². The highest BCUT2D eigenvalue weighted by Gasteiger charge is 2.06. The molecule has 0 bridgehead atoms. The smallest absolute Gasteiger partial charge is 0.0564 e. The van der Waals surface area contributed by atoms with Crippen molar-refractivity contribution in [2.75, 3.05) is 18.4 Å². The van der Waals surface area contributed by atoms with E-state index in [4.69, 9.17) is 0 Å². The van der Waals surface area contributed by atoms with E-state index in [9.17, 15) is 0 Å². The molecule has 0 aromatic carbocycles. The maximum absolute atomic E-state index is 4.46. The van der Waals surface area contributed by atoms with Crippen LogP contribution in [-0.4, -0.2) is 28.0 Å². The van der Waals surface area contributed by atoms with Crippen molar-refractivity contribution in [3.8, 4) is 0 Å². The molecule has 0 saturated carbocycles. The lowest BCUT2D eigenvalue weighted by Crippen LogP contribution is -2.22. The van der Waals surface area contributed by atoms with Crippen molar-refractivity contribution in [3.63, 3.8) is 0 Å². The second-order valence-corrected chi connectivity index (χ2v) is 4.72. The Hall–Kier alpha value is -1.94. The van der Waals surface area contributed by atoms with Crippen LogP contribution in [0.2, 0.25) is 0 Å². The van der Waals surface area contributed by atoms with Gasteiger partial charge in [0.2, 0.25) is 0 Å². The highest BCUT2D eigenvalue weighted by molar-refractivity contribution is 5.42. The molecule has 2 heterocycles. The minimum atomic E-state index is 0.859. The molecule has 106 valence electrons. The van der Waals surface area contributed by atoms with Gasteiger partial charge in [-0.25, -0.2) is 0 Å². The van der Waals surface area contributed by atoms with Gasteiger partial charge in [0.25, 0.3) is 0 Å². The largest absolute Gasteiger partial charge is 0.385 e. The Bertz CT molecular complexity index is 513. The third kappa shape index (κ3) is 4.31. The standard InChI is InChI=1S/C16H22N4/c1-3-18-15-7-10-19-16(11-15)13-20(4-2)12-14-5-8-17-9-6-14/h5-11H,3-4,12-13H2,1-2H3,(H,18,19). The molecule has 4 nitrogen and oxygen atoms in total. The normalized spacial score (nSPS) is 10.8. The number of hydrogen-bond acceptors (Lipinski definition) is 4. The first-order valence-electron chi connectivity index (χ1n) is 7.12. The molecule has 0 aliphatic heterocycles. The molecule has 0 atom stereocenters. The Balaban J connectivity index is 2.00. The zero-order valence-corrected chi connectivity index (χ0v) is 12.2. The predicted octanol–water partition coefficient (Wildman–Crippen LogP) is 2.93. The van der Waals surface area contributed by atoms with Gasteiger partial charge in [-0.2, -0.15) is 0 Å². The van der Waals surface area contributed by atoms with Crippen LogP contribution < -0.4 is 5.32 Å². The Morgan fingerprint density at radius 1 is 1.05 bits per heavy atom.